The number of carbonyl (C=O) groups is 1. The molecule has 0 radical (unpaired) electrons. The summed E-state index contributed by atoms with van der Waals surface area (Å²) in [6.45, 7) is 3.45. The second-order valence-corrected chi connectivity index (χ2v) is 5.02. The van der Waals surface area contributed by atoms with Crippen molar-refractivity contribution in [1.29, 1.82) is 0 Å². The number of pyridine rings is 1. The molecule has 0 saturated heterocycles. The fraction of sp³-hybridized carbons (Fsp3) is 0. The second kappa shape index (κ2) is 10.3. The smallest absolute Gasteiger partial charge is 0.247 e. The molecule has 0 fully saturated rings. The van der Waals surface area contributed by atoms with Crippen molar-refractivity contribution in [3.8, 4) is 11.1 Å². The van der Waals surface area contributed by atoms with E-state index in [9.17, 15) is 4.79 Å². The predicted molar refractivity (Wildman–Crippen MR) is 103 cm³/mol. The van der Waals surface area contributed by atoms with E-state index < -0.39 is 0 Å². The van der Waals surface area contributed by atoms with Crippen molar-refractivity contribution in [3.63, 3.8) is 0 Å². The molecule has 0 aliphatic carbocycles. The molecule has 1 aromatic heterocycles. The van der Waals surface area contributed by atoms with E-state index in [0.717, 1.165) is 16.7 Å². The molecule has 0 saturated carbocycles. The maximum absolute atomic E-state index is 11.4. The molecule has 3 aromatic rings. The summed E-state index contributed by atoms with van der Waals surface area (Å²) in [5.74, 6) is -0.183. The van der Waals surface area contributed by atoms with Gasteiger partial charge in [0.2, 0.25) is 5.91 Å². The third kappa shape index (κ3) is 6.28. The van der Waals surface area contributed by atoms with Crippen LogP contribution in [0.1, 0.15) is 5.56 Å². The number of aromatic nitrogens is 1. The van der Waals surface area contributed by atoms with Gasteiger partial charge < -0.3 is 5.32 Å². The van der Waals surface area contributed by atoms with Crippen LogP contribution in [0.25, 0.3) is 17.2 Å². The van der Waals surface area contributed by atoms with Crippen LogP contribution in [0.15, 0.2) is 104 Å². The van der Waals surface area contributed by atoms with Gasteiger partial charge in [0, 0.05) is 18.5 Å². The van der Waals surface area contributed by atoms with E-state index >= 15 is 0 Å². The number of nitrogens with zero attached hydrogens (tertiary/aromatic N) is 1. The van der Waals surface area contributed by atoms with Gasteiger partial charge in [-0.15, -0.1) is 0 Å². The van der Waals surface area contributed by atoms with Gasteiger partial charge >= 0.3 is 0 Å². The Kier molecular flexibility index (Phi) is 7.40. The van der Waals surface area contributed by atoms with Crippen LogP contribution in [0.2, 0.25) is 0 Å². The monoisotopic (exact) mass is 328 g/mol. The van der Waals surface area contributed by atoms with Gasteiger partial charge in [-0.25, -0.2) is 0 Å². The molecule has 3 heteroatoms. The maximum atomic E-state index is 11.4. The molecule has 1 N–H and O–H groups in total. The summed E-state index contributed by atoms with van der Waals surface area (Å²) in [5, 5.41) is 2.51. The minimum absolute atomic E-state index is 0.183. The Morgan fingerprint density at radius 2 is 1.52 bits per heavy atom. The Morgan fingerprint density at radius 3 is 2.12 bits per heavy atom. The van der Waals surface area contributed by atoms with E-state index in [1.54, 1.807) is 18.5 Å². The Hall–Kier alpha value is -3.46. The normalized spacial score (nSPS) is 9.76. The van der Waals surface area contributed by atoms with E-state index in [1.807, 2.05) is 60.7 Å². The molecule has 1 amide bonds. The van der Waals surface area contributed by atoms with Crippen LogP contribution in [-0.4, -0.2) is 10.9 Å². The summed E-state index contributed by atoms with van der Waals surface area (Å²) in [7, 11) is 0. The number of benzene rings is 2. The number of rotatable bonds is 4. The number of hydrogen-bond donors (Lipinski definition) is 1. The fourth-order valence-electron chi connectivity index (χ4n) is 2.15. The molecule has 0 bridgehead atoms. The zero-order chi connectivity index (χ0) is 17.7. The average Bonchev–Trinajstić information content (AvgIpc) is 2.69. The Balaban J connectivity index is 0.000000316. The standard InChI is InChI=1S/C17H15NO.C5H5N/c1-2-18-17(19)13-12-15-10-6-7-11-16(15)14-8-4-3-5-9-14;1-2-4-6-5-3-1/h2-13H,1H2,(H,18,19);1-5H. The zero-order valence-electron chi connectivity index (χ0n) is 13.9. The number of nitrogens with one attached hydrogen (secondary N) is 1. The van der Waals surface area contributed by atoms with Crippen molar-refractivity contribution in [2.45, 2.75) is 0 Å². The molecule has 3 rings (SSSR count). The van der Waals surface area contributed by atoms with Gasteiger partial charge in [0.25, 0.3) is 0 Å². The van der Waals surface area contributed by atoms with Gasteiger partial charge in [-0.1, -0.05) is 67.2 Å². The summed E-state index contributed by atoms with van der Waals surface area (Å²) in [5.41, 5.74) is 3.24. The summed E-state index contributed by atoms with van der Waals surface area (Å²) >= 11 is 0. The highest BCUT2D eigenvalue weighted by Crippen LogP contribution is 2.24. The minimum atomic E-state index is -0.183. The Bertz CT molecular complexity index is 785. The van der Waals surface area contributed by atoms with Crippen molar-refractivity contribution in [1.82, 2.24) is 10.3 Å². The lowest BCUT2D eigenvalue weighted by Crippen LogP contribution is -2.12. The topological polar surface area (TPSA) is 42.0 Å². The van der Waals surface area contributed by atoms with Crippen LogP contribution in [0.3, 0.4) is 0 Å². The molecule has 3 nitrogen and oxygen atoms in total. The fourth-order valence-corrected chi connectivity index (χ4v) is 2.15. The summed E-state index contributed by atoms with van der Waals surface area (Å²) < 4.78 is 0. The van der Waals surface area contributed by atoms with Gasteiger partial charge in [0.1, 0.15) is 0 Å². The lowest BCUT2D eigenvalue weighted by molar-refractivity contribution is -0.115. The Labute approximate surface area is 148 Å². The van der Waals surface area contributed by atoms with E-state index in [2.05, 4.69) is 29.0 Å². The first-order valence-electron chi connectivity index (χ1n) is 7.90. The van der Waals surface area contributed by atoms with Crippen molar-refractivity contribution in [3.05, 3.63) is 110 Å². The largest absolute Gasteiger partial charge is 0.330 e. The molecule has 0 atom stereocenters. The highest BCUT2D eigenvalue weighted by molar-refractivity contribution is 5.93. The van der Waals surface area contributed by atoms with Crippen molar-refractivity contribution < 1.29 is 4.79 Å². The maximum Gasteiger partial charge on any atom is 0.247 e. The van der Waals surface area contributed by atoms with Crippen molar-refractivity contribution >= 4 is 12.0 Å². The molecular formula is C22H20N2O. The minimum Gasteiger partial charge on any atom is -0.330 e. The molecule has 1 heterocycles. The molecule has 25 heavy (non-hydrogen) atoms. The van der Waals surface area contributed by atoms with Crippen LogP contribution in [0.4, 0.5) is 0 Å². The summed E-state index contributed by atoms with van der Waals surface area (Å²) in [6, 6.07) is 23.8. The van der Waals surface area contributed by atoms with E-state index in [1.165, 1.54) is 12.3 Å². The Morgan fingerprint density at radius 1 is 0.880 bits per heavy atom. The molecule has 124 valence electrons. The lowest BCUT2D eigenvalue weighted by atomic mass is 9.99. The molecule has 0 spiro atoms. The van der Waals surface area contributed by atoms with Crippen molar-refractivity contribution in [2.24, 2.45) is 0 Å². The zero-order valence-corrected chi connectivity index (χ0v) is 13.9. The number of carbonyl (C=O) groups excluding carboxylic acids is 1. The molecule has 2 aromatic carbocycles. The first-order chi connectivity index (χ1) is 12.3. The lowest BCUT2D eigenvalue weighted by Gasteiger charge is -2.05. The third-order valence-corrected chi connectivity index (χ3v) is 3.27. The molecule has 0 aliphatic heterocycles. The average molecular weight is 328 g/mol. The first-order valence-corrected chi connectivity index (χ1v) is 7.90. The SMILES string of the molecule is C=CNC(=O)C=Cc1ccccc1-c1ccccc1.c1ccncc1. The number of hydrogen-bond acceptors (Lipinski definition) is 2. The summed E-state index contributed by atoms with van der Waals surface area (Å²) in [6.07, 6.45) is 8.18. The summed E-state index contributed by atoms with van der Waals surface area (Å²) in [4.78, 5) is 15.2. The van der Waals surface area contributed by atoms with Gasteiger partial charge in [-0.2, -0.15) is 0 Å². The van der Waals surface area contributed by atoms with Crippen LogP contribution < -0.4 is 5.32 Å². The molecule has 0 aliphatic rings. The van der Waals surface area contributed by atoms with Gasteiger partial charge in [-0.3, -0.25) is 9.78 Å². The van der Waals surface area contributed by atoms with Crippen LogP contribution in [0, 0.1) is 0 Å². The quantitative estimate of drug-likeness (QED) is 0.705. The third-order valence-electron chi connectivity index (χ3n) is 3.27. The van der Waals surface area contributed by atoms with Crippen LogP contribution in [-0.2, 0) is 4.79 Å². The predicted octanol–water partition coefficient (Wildman–Crippen LogP) is 4.71. The van der Waals surface area contributed by atoms with Gasteiger partial charge in [0.15, 0.2) is 0 Å². The van der Waals surface area contributed by atoms with Gasteiger partial charge in [-0.05, 0) is 41.1 Å². The van der Waals surface area contributed by atoms with E-state index in [-0.39, 0.29) is 5.91 Å². The molecular weight excluding hydrogens is 308 g/mol. The number of amides is 1. The van der Waals surface area contributed by atoms with Crippen LogP contribution >= 0.6 is 0 Å². The van der Waals surface area contributed by atoms with Gasteiger partial charge in [0.05, 0.1) is 0 Å². The van der Waals surface area contributed by atoms with E-state index in [4.69, 9.17) is 0 Å². The molecule has 0 unspecified atom stereocenters. The van der Waals surface area contributed by atoms with E-state index in [0.29, 0.717) is 0 Å². The highest BCUT2D eigenvalue weighted by Gasteiger charge is 2.01. The second-order valence-electron chi connectivity index (χ2n) is 5.02. The first kappa shape index (κ1) is 17.9. The highest BCUT2D eigenvalue weighted by atomic mass is 16.1. The van der Waals surface area contributed by atoms with Crippen LogP contribution in [0.5, 0.6) is 0 Å². The van der Waals surface area contributed by atoms with Crippen molar-refractivity contribution in [2.75, 3.05) is 0 Å².